The molecule has 3 aromatic rings. The van der Waals surface area contributed by atoms with Crippen molar-refractivity contribution in [2.45, 2.75) is 12.1 Å². The molecule has 1 amide bonds. The average molecular weight is 479 g/mol. The Bertz CT molecular complexity index is 1020. The lowest BCUT2D eigenvalue weighted by Crippen LogP contribution is -2.21. The molecule has 0 bridgehead atoms. The summed E-state index contributed by atoms with van der Waals surface area (Å²) in [5, 5.41) is 13.8. The molecule has 1 aromatic heterocycles. The summed E-state index contributed by atoms with van der Waals surface area (Å²) in [6.45, 7) is 1.84. The van der Waals surface area contributed by atoms with Gasteiger partial charge in [0.25, 0.3) is 5.91 Å². The molecular weight excluding hydrogens is 462 g/mol. The maximum atomic E-state index is 12.1. The molecule has 0 aliphatic carbocycles. The van der Waals surface area contributed by atoms with E-state index in [-0.39, 0.29) is 11.7 Å². The zero-order valence-corrected chi connectivity index (χ0v) is 18.3. The lowest BCUT2D eigenvalue weighted by molar-refractivity contribution is -0.118. The van der Waals surface area contributed by atoms with Gasteiger partial charge in [0, 0.05) is 22.1 Å². The van der Waals surface area contributed by atoms with Crippen LogP contribution in [0.15, 0.2) is 63.3 Å². The second-order valence-corrected chi connectivity index (χ2v) is 8.20. The molecule has 2 aromatic carbocycles. The average Bonchev–Trinajstić information content (AvgIpc) is 3.05. The second kappa shape index (κ2) is 9.36. The first-order valence-corrected chi connectivity index (χ1v) is 10.5. The summed E-state index contributed by atoms with van der Waals surface area (Å²) in [6.07, 6.45) is 0. The summed E-state index contributed by atoms with van der Waals surface area (Å²) in [7, 11) is 1.85. The Labute approximate surface area is 180 Å². The zero-order valence-electron chi connectivity index (χ0n) is 15.2. The zero-order chi connectivity index (χ0) is 20.1. The van der Waals surface area contributed by atoms with Gasteiger partial charge in [-0.1, -0.05) is 63.6 Å². The third kappa shape index (κ3) is 5.21. The van der Waals surface area contributed by atoms with E-state index < -0.39 is 0 Å². The quantitative estimate of drug-likeness (QED) is 0.321. The highest BCUT2D eigenvalue weighted by Gasteiger charge is 2.13. The Hall–Kier alpha value is -2.16. The molecule has 0 fully saturated rings. The molecule has 1 heterocycles. The minimum Gasteiger partial charge on any atom is -0.305 e. The maximum absolute atomic E-state index is 12.1. The Morgan fingerprint density at radius 2 is 2.00 bits per heavy atom. The number of thioether (sulfide) groups is 1. The molecule has 3 rings (SSSR count). The number of benzene rings is 2. The van der Waals surface area contributed by atoms with Crippen LogP contribution in [0.1, 0.15) is 12.5 Å². The van der Waals surface area contributed by atoms with Gasteiger partial charge in [-0.2, -0.15) is 5.10 Å². The standard InChI is InChI=1S/C19H17BrClN5OS/c1-12(13-6-8-15(20)9-7-13)22-23-17(27)11-28-19-25-24-18(26(19)2)14-4-3-5-16(21)10-14/h3-10H,11H2,1-2H3,(H,23,27)/b22-12-. The number of carbonyl (C=O) groups excluding carboxylic acids is 1. The van der Waals surface area contributed by atoms with E-state index in [0.29, 0.717) is 16.0 Å². The Morgan fingerprint density at radius 1 is 1.25 bits per heavy atom. The lowest BCUT2D eigenvalue weighted by Gasteiger charge is -2.05. The fourth-order valence-electron chi connectivity index (χ4n) is 2.38. The molecule has 6 nitrogen and oxygen atoms in total. The van der Waals surface area contributed by atoms with Crippen LogP contribution in [0.5, 0.6) is 0 Å². The normalized spacial score (nSPS) is 11.5. The lowest BCUT2D eigenvalue weighted by atomic mass is 10.1. The van der Waals surface area contributed by atoms with E-state index in [9.17, 15) is 4.79 Å². The number of nitrogens with zero attached hydrogens (tertiary/aromatic N) is 4. The summed E-state index contributed by atoms with van der Waals surface area (Å²) in [4.78, 5) is 12.1. The molecule has 0 aliphatic rings. The predicted octanol–water partition coefficient (Wildman–Crippen LogP) is 4.53. The van der Waals surface area contributed by atoms with Gasteiger partial charge in [0.2, 0.25) is 0 Å². The van der Waals surface area contributed by atoms with Crippen molar-refractivity contribution in [3.8, 4) is 11.4 Å². The molecule has 0 saturated carbocycles. The molecule has 28 heavy (non-hydrogen) atoms. The molecule has 0 spiro atoms. The summed E-state index contributed by atoms with van der Waals surface area (Å²) in [5.74, 6) is 0.654. The van der Waals surface area contributed by atoms with Crippen LogP contribution in [-0.2, 0) is 11.8 Å². The highest BCUT2D eigenvalue weighted by molar-refractivity contribution is 9.10. The van der Waals surface area contributed by atoms with E-state index in [0.717, 1.165) is 21.3 Å². The van der Waals surface area contributed by atoms with Crippen LogP contribution in [0.4, 0.5) is 0 Å². The van der Waals surface area contributed by atoms with Crippen molar-refractivity contribution in [1.82, 2.24) is 20.2 Å². The first-order chi connectivity index (χ1) is 13.4. The van der Waals surface area contributed by atoms with Crippen LogP contribution in [0.2, 0.25) is 5.02 Å². The van der Waals surface area contributed by atoms with Crippen LogP contribution in [0, 0.1) is 0 Å². The smallest absolute Gasteiger partial charge is 0.250 e. The van der Waals surface area contributed by atoms with Crippen molar-refractivity contribution < 1.29 is 4.79 Å². The van der Waals surface area contributed by atoms with Crippen molar-refractivity contribution in [1.29, 1.82) is 0 Å². The van der Waals surface area contributed by atoms with Crippen molar-refractivity contribution in [2.75, 3.05) is 5.75 Å². The highest BCUT2D eigenvalue weighted by Crippen LogP contribution is 2.24. The van der Waals surface area contributed by atoms with Crippen molar-refractivity contribution >= 4 is 50.9 Å². The Morgan fingerprint density at radius 3 is 2.71 bits per heavy atom. The van der Waals surface area contributed by atoms with Crippen LogP contribution in [0.25, 0.3) is 11.4 Å². The van der Waals surface area contributed by atoms with E-state index in [1.165, 1.54) is 11.8 Å². The van der Waals surface area contributed by atoms with Gasteiger partial charge in [-0.05, 0) is 36.8 Å². The Balaban J connectivity index is 1.59. The molecule has 0 atom stereocenters. The van der Waals surface area contributed by atoms with Gasteiger partial charge in [0.1, 0.15) is 0 Å². The number of hydrogen-bond donors (Lipinski definition) is 1. The highest BCUT2D eigenvalue weighted by atomic mass is 79.9. The van der Waals surface area contributed by atoms with Crippen molar-refractivity contribution in [3.05, 3.63) is 63.6 Å². The Kier molecular flexibility index (Phi) is 6.88. The second-order valence-electron chi connectivity index (χ2n) is 5.90. The molecule has 9 heteroatoms. The molecule has 0 unspecified atom stereocenters. The third-order valence-corrected chi connectivity index (χ3v) is 5.64. The number of halogens is 2. The minimum absolute atomic E-state index is 0.179. The molecule has 144 valence electrons. The van der Waals surface area contributed by atoms with Crippen LogP contribution >= 0.6 is 39.3 Å². The monoisotopic (exact) mass is 477 g/mol. The maximum Gasteiger partial charge on any atom is 0.250 e. The number of rotatable bonds is 6. The number of hydrogen-bond acceptors (Lipinski definition) is 5. The summed E-state index contributed by atoms with van der Waals surface area (Å²) < 4.78 is 2.82. The minimum atomic E-state index is -0.214. The van der Waals surface area contributed by atoms with E-state index in [1.807, 2.05) is 61.0 Å². The molecule has 1 N–H and O–H groups in total. The van der Waals surface area contributed by atoms with Crippen LogP contribution in [0.3, 0.4) is 0 Å². The number of carbonyl (C=O) groups is 1. The summed E-state index contributed by atoms with van der Waals surface area (Å²) >= 11 is 10.7. The van der Waals surface area contributed by atoms with Gasteiger partial charge in [-0.15, -0.1) is 10.2 Å². The van der Waals surface area contributed by atoms with E-state index >= 15 is 0 Å². The first kappa shape index (κ1) is 20.6. The summed E-state index contributed by atoms with van der Waals surface area (Å²) in [6, 6.07) is 15.1. The van der Waals surface area contributed by atoms with Gasteiger partial charge in [0.15, 0.2) is 11.0 Å². The van der Waals surface area contributed by atoms with Gasteiger partial charge < -0.3 is 4.57 Å². The van der Waals surface area contributed by atoms with E-state index in [1.54, 1.807) is 6.07 Å². The fourth-order valence-corrected chi connectivity index (χ4v) is 3.54. The van der Waals surface area contributed by atoms with Gasteiger partial charge >= 0.3 is 0 Å². The van der Waals surface area contributed by atoms with Crippen molar-refractivity contribution in [3.63, 3.8) is 0 Å². The summed E-state index contributed by atoms with van der Waals surface area (Å²) in [5.41, 5.74) is 5.11. The third-order valence-electron chi connectivity index (χ3n) is 3.86. The van der Waals surface area contributed by atoms with Crippen molar-refractivity contribution in [2.24, 2.45) is 12.1 Å². The van der Waals surface area contributed by atoms with Gasteiger partial charge in [-0.25, -0.2) is 5.43 Å². The number of nitrogens with one attached hydrogen (secondary N) is 1. The predicted molar refractivity (Wildman–Crippen MR) is 117 cm³/mol. The number of hydrazone groups is 1. The SMILES string of the molecule is C/C(=N/NC(=O)CSc1nnc(-c2cccc(Cl)c2)n1C)c1ccc(Br)cc1. The van der Waals surface area contributed by atoms with E-state index in [2.05, 4.69) is 36.7 Å². The first-order valence-electron chi connectivity index (χ1n) is 8.31. The van der Waals surface area contributed by atoms with Gasteiger partial charge in [0.05, 0.1) is 11.5 Å². The number of aromatic nitrogens is 3. The van der Waals surface area contributed by atoms with Crippen LogP contribution in [-0.4, -0.2) is 32.1 Å². The van der Waals surface area contributed by atoms with Crippen LogP contribution < -0.4 is 5.43 Å². The largest absolute Gasteiger partial charge is 0.305 e. The molecule has 0 aliphatic heterocycles. The van der Waals surface area contributed by atoms with Gasteiger partial charge in [-0.3, -0.25) is 4.79 Å². The topological polar surface area (TPSA) is 72.2 Å². The van der Waals surface area contributed by atoms with E-state index in [4.69, 9.17) is 11.6 Å². The molecule has 0 radical (unpaired) electrons. The molecule has 0 saturated heterocycles. The molecular formula is C19H17BrClN5OS. The fraction of sp³-hybridized carbons (Fsp3) is 0.158. The number of amides is 1.